The number of hydrogen-bond donors (Lipinski definition) is 0. The van der Waals surface area contributed by atoms with Crippen molar-refractivity contribution >= 4 is 21.5 Å². The second-order valence-corrected chi connectivity index (χ2v) is 4.91. The van der Waals surface area contributed by atoms with Gasteiger partial charge < -0.3 is 9.47 Å². The summed E-state index contributed by atoms with van der Waals surface area (Å²) < 4.78 is 10.9. The Hall–Kier alpha value is -1.90. The third kappa shape index (κ3) is 2.40. The molecule has 3 rings (SSSR count). The van der Waals surface area contributed by atoms with E-state index in [1.54, 1.807) is 7.11 Å². The Kier molecular flexibility index (Phi) is 3.68. The first kappa shape index (κ1) is 13.1. The molecule has 0 saturated heterocycles. The van der Waals surface area contributed by atoms with Crippen molar-refractivity contribution in [3.05, 3.63) is 60.2 Å². The molecule has 0 aliphatic carbocycles. The van der Waals surface area contributed by atoms with Crippen LogP contribution in [0, 0.1) is 0 Å². The molecule has 0 amide bonds. The van der Waals surface area contributed by atoms with Crippen molar-refractivity contribution in [3.63, 3.8) is 0 Å². The Morgan fingerprint density at radius 3 is 2.00 bits per heavy atom. The minimum absolute atomic E-state index is 0.201. The van der Waals surface area contributed by atoms with Crippen LogP contribution in [-0.4, -0.2) is 13.4 Å². The molecule has 0 spiro atoms. The Balaban J connectivity index is 2.17. The Morgan fingerprint density at radius 1 is 0.900 bits per heavy atom. The van der Waals surface area contributed by atoms with Crippen molar-refractivity contribution in [1.29, 1.82) is 0 Å². The average Bonchev–Trinajstić information content (AvgIpc) is 2.51. The van der Waals surface area contributed by atoms with Gasteiger partial charge in [0, 0.05) is 7.11 Å². The second-order valence-electron chi connectivity index (χ2n) is 4.91. The van der Waals surface area contributed by atoms with Gasteiger partial charge in [-0.3, -0.25) is 0 Å². The lowest BCUT2D eigenvalue weighted by molar-refractivity contribution is -0.118. The van der Waals surface area contributed by atoms with E-state index in [0.717, 1.165) is 0 Å². The molecule has 3 aromatic carbocycles. The zero-order valence-corrected chi connectivity index (χ0v) is 11.8. The van der Waals surface area contributed by atoms with E-state index in [1.807, 2.05) is 6.92 Å². The van der Waals surface area contributed by atoms with Gasteiger partial charge in [0.15, 0.2) is 6.29 Å². The van der Waals surface area contributed by atoms with Crippen molar-refractivity contribution in [3.8, 4) is 0 Å². The number of benzene rings is 3. The van der Waals surface area contributed by atoms with Crippen LogP contribution in [0.5, 0.6) is 0 Å². The van der Waals surface area contributed by atoms with Gasteiger partial charge in [-0.25, -0.2) is 0 Å². The van der Waals surface area contributed by atoms with Crippen molar-refractivity contribution in [2.24, 2.45) is 0 Å². The second kappa shape index (κ2) is 5.61. The normalized spacial score (nSPS) is 12.9. The van der Waals surface area contributed by atoms with E-state index in [0.29, 0.717) is 6.61 Å². The third-order valence-corrected chi connectivity index (χ3v) is 3.68. The minimum atomic E-state index is -0.201. The molecule has 0 saturated carbocycles. The molecule has 2 heteroatoms. The number of hydrogen-bond acceptors (Lipinski definition) is 2. The summed E-state index contributed by atoms with van der Waals surface area (Å²) in [5.74, 6) is 0. The Labute approximate surface area is 118 Å². The maximum Gasteiger partial charge on any atom is 0.154 e. The van der Waals surface area contributed by atoms with Crippen molar-refractivity contribution in [2.75, 3.05) is 7.11 Å². The van der Waals surface area contributed by atoms with Crippen molar-refractivity contribution in [2.45, 2.75) is 19.8 Å². The lowest BCUT2D eigenvalue weighted by Crippen LogP contribution is -2.10. The van der Waals surface area contributed by atoms with Gasteiger partial charge in [0.1, 0.15) is 0 Å². The van der Waals surface area contributed by atoms with Crippen LogP contribution in [0.3, 0.4) is 0 Å². The smallest absolute Gasteiger partial charge is 0.154 e. The summed E-state index contributed by atoms with van der Waals surface area (Å²) in [6.07, 6.45) is -0.201. The Morgan fingerprint density at radius 2 is 1.45 bits per heavy atom. The first-order valence-corrected chi connectivity index (χ1v) is 6.83. The summed E-state index contributed by atoms with van der Waals surface area (Å²) in [7, 11) is 1.66. The van der Waals surface area contributed by atoms with Gasteiger partial charge >= 0.3 is 0 Å². The van der Waals surface area contributed by atoms with E-state index in [9.17, 15) is 0 Å². The molecule has 1 unspecified atom stereocenters. The highest BCUT2D eigenvalue weighted by Crippen LogP contribution is 2.29. The standard InChI is InChI=1S/C18H18O2/c1-13(19-2)20-12-18-16-9-5-3-7-14(16)11-15-8-4-6-10-17(15)18/h3-11,13H,12H2,1-2H3. The SMILES string of the molecule is COC(C)OCc1c2ccccc2cc2ccccc12. The summed E-state index contributed by atoms with van der Waals surface area (Å²) in [6.45, 7) is 2.46. The maximum absolute atomic E-state index is 5.77. The molecule has 20 heavy (non-hydrogen) atoms. The van der Waals surface area contributed by atoms with Crippen LogP contribution < -0.4 is 0 Å². The van der Waals surface area contributed by atoms with E-state index >= 15 is 0 Å². The largest absolute Gasteiger partial charge is 0.356 e. The molecule has 3 aromatic rings. The highest BCUT2D eigenvalue weighted by molar-refractivity contribution is 6.02. The summed E-state index contributed by atoms with van der Waals surface area (Å²) in [4.78, 5) is 0. The number of methoxy groups -OCH3 is 1. The van der Waals surface area contributed by atoms with E-state index in [4.69, 9.17) is 9.47 Å². The molecule has 0 bridgehead atoms. The van der Waals surface area contributed by atoms with Crippen molar-refractivity contribution < 1.29 is 9.47 Å². The van der Waals surface area contributed by atoms with Crippen LogP contribution in [0.4, 0.5) is 0 Å². The molecule has 0 aromatic heterocycles. The molecule has 1 atom stereocenters. The lowest BCUT2D eigenvalue weighted by atomic mass is 9.97. The third-order valence-electron chi connectivity index (χ3n) is 3.68. The number of rotatable bonds is 4. The van der Waals surface area contributed by atoms with Gasteiger partial charge in [-0.2, -0.15) is 0 Å². The molecule has 102 valence electrons. The molecule has 2 nitrogen and oxygen atoms in total. The molecule has 0 aliphatic rings. The highest BCUT2D eigenvalue weighted by atomic mass is 16.7. The van der Waals surface area contributed by atoms with Crippen LogP contribution in [0.2, 0.25) is 0 Å². The van der Waals surface area contributed by atoms with Crippen molar-refractivity contribution in [1.82, 2.24) is 0 Å². The van der Waals surface area contributed by atoms with Gasteiger partial charge in [-0.05, 0) is 40.1 Å². The molecule has 0 N–H and O–H groups in total. The lowest BCUT2D eigenvalue weighted by Gasteiger charge is -2.15. The predicted octanol–water partition coefficient (Wildman–Crippen LogP) is 4.50. The molecular weight excluding hydrogens is 248 g/mol. The zero-order valence-electron chi connectivity index (χ0n) is 11.8. The fraction of sp³-hybridized carbons (Fsp3) is 0.222. The molecule has 0 heterocycles. The monoisotopic (exact) mass is 266 g/mol. The number of ether oxygens (including phenoxy) is 2. The van der Waals surface area contributed by atoms with E-state index in [-0.39, 0.29) is 6.29 Å². The first-order valence-electron chi connectivity index (χ1n) is 6.83. The van der Waals surface area contributed by atoms with E-state index in [1.165, 1.54) is 27.1 Å². The maximum atomic E-state index is 5.77. The fourth-order valence-electron chi connectivity index (χ4n) is 2.53. The molecule has 0 fully saturated rings. The van der Waals surface area contributed by atoms with E-state index < -0.39 is 0 Å². The summed E-state index contributed by atoms with van der Waals surface area (Å²) in [5.41, 5.74) is 1.22. The van der Waals surface area contributed by atoms with Crippen LogP contribution in [0.25, 0.3) is 21.5 Å². The molecule has 0 radical (unpaired) electrons. The van der Waals surface area contributed by atoms with Crippen LogP contribution in [-0.2, 0) is 16.1 Å². The highest BCUT2D eigenvalue weighted by Gasteiger charge is 2.09. The summed E-state index contributed by atoms with van der Waals surface area (Å²) >= 11 is 0. The Bertz CT molecular complexity index is 680. The van der Waals surface area contributed by atoms with Gasteiger partial charge in [-0.15, -0.1) is 0 Å². The predicted molar refractivity (Wildman–Crippen MR) is 82.7 cm³/mol. The van der Waals surface area contributed by atoms with Crippen LogP contribution in [0.1, 0.15) is 12.5 Å². The van der Waals surface area contributed by atoms with Gasteiger partial charge in [0.25, 0.3) is 0 Å². The fourth-order valence-corrected chi connectivity index (χ4v) is 2.53. The van der Waals surface area contributed by atoms with Gasteiger partial charge in [-0.1, -0.05) is 48.5 Å². The molecule has 0 aliphatic heterocycles. The summed E-state index contributed by atoms with van der Waals surface area (Å²) in [5, 5.41) is 4.98. The van der Waals surface area contributed by atoms with Gasteiger partial charge in [0.2, 0.25) is 0 Å². The van der Waals surface area contributed by atoms with Gasteiger partial charge in [0.05, 0.1) is 6.61 Å². The van der Waals surface area contributed by atoms with E-state index in [2.05, 4.69) is 54.6 Å². The zero-order chi connectivity index (χ0) is 13.9. The van der Waals surface area contributed by atoms with Crippen LogP contribution in [0.15, 0.2) is 54.6 Å². The quantitative estimate of drug-likeness (QED) is 0.511. The molecular formula is C18H18O2. The average molecular weight is 266 g/mol. The number of fused-ring (bicyclic) bond motifs is 2. The first-order chi connectivity index (χ1) is 9.79. The summed E-state index contributed by atoms with van der Waals surface area (Å²) in [6, 6.07) is 19.1. The van der Waals surface area contributed by atoms with Crippen LogP contribution >= 0.6 is 0 Å². The minimum Gasteiger partial charge on any atom is -0.356 e. The topological polar surface area (TPSA) is 18.5 Å².